The molecule has 0 unspecified atom stereocenters. The maximum atomic E-state index is 10.7. The van der Waals surface area contributed by atoms with Gasteiger partial charge in [0.15, 0.2) is 0 Å². The van der Waals surface area contributed by atoms with Crippen molar-refractivity contribution in [2.24, 2.45) is 0 Å². The topological polar surface area (TPSA) is 43.4 Å². The number of allylic oxidation sites excluding steroid dienone is 5. The first-order chi connectivity index (χ1) is 10.5. The summed E-state index contributed by atoms with van der Waals surface area (Å²) < 4.78 is 4.88. The Morgan fingerprint density at radius 3 is 1.68 bits per heavy atom. The molecule has 0 aromatic carbocycles. The number of rotatable bonds is 11. The highest BCUT2D eigenvalue weighted by Gasteiger charge is 1.94. The van der Waals surface area contributed by atoms with Crippen molar-refractivity contribution in [2.45, 2.75) is 66.2 Å². The molecule has 0 atom stereocenters. The average molecular weight is 306 g/mol. The highest BCUT2D eigenvalue weighted by atomic mass is 16.5. The Bertz CT molecular complexity index is 428. The van der Waals surface area contributed by atoms with Crippen molar-refractivity contribution < 1.29 is 14.3 Å². The minimum absolute atomic E-state index is 0.240. The highest BCUT2D eigenvalue weighted by molar-refractivity contribution is 5.66. The van der Waals surface area contributed by atoms with Gasteiger partial charge in [-0.05, 0) is 59.0 Å². The molecule has 3 heteroatoms. The van der Waals surface area contributed by atoms with Gasteiger partial charge in [-0.15, -0.1) is 0 Å². The van der Waals surface area contributed by atoms with E-state index in [1.165, 1.54) is 23.6 Å². The third kappa shape index (κ3) is 13.3. The Balaban J connectivity index is 3.93. The fourth-order valence-electron chi connectivity index (χ4n) is 1.99. The van der Waals surface area contributed by atoms with Gasteiger partial charge in [-0.2, -0.15) is 0 Å². The summed E-state index contributed by atoms with van der Waals surface area (Å²) in [6, 6.07) is 0. The normalized spacial score (nSPS) is 13.2. The fraction of sp³-hybridized carbons (Fsp3) is 0.579. The Morgan fingerprint density at radius 1 is 0.773 bits per heavy atom. The molecule has 124 valence electrons. The second-order valence-electron chi connectivity index (χ2n) is 5.74. The van der Waals surface area contributed by atoms with E-state index < -0.39 is 0 Å². The molecule has 22 heavy (non-hydrogen) atoms. The SMILES string of the molecule is CC(=O)OCC=C(C)CCC=C(C)CCC=C(C)CCC=O. The van der Waals surface area contributed by atoms with Gasteiger partial charge in [-0.3, -0.25) is 4.79 Å². The van der Waals surface area contributed by atoms with Gasteiger partial charge in [0, 0.05) is 13.3 Å². The molecule has 0 spiro atoms. The summed E-state index contributed by atoms with van der Waals surface area (Å²) in [4.78, 5) is 21.0. The fourth-order valence-corrected chi connectivity index (χ4v) is 1.99. The average Bonchev–Trinajstić information content (AvgIpc) is 2.44. The number of esters is 1. The van der Waals surface area contributed by atoms with Crippen molar-refractivity contribution in [3.05, 3.63) is 34.9 Å². The monoisotopic (exact) mass is 306 g/mol. The molecule has 0 aliphatic carbocycles. The van der Waals surface area contributed by atoms with E-state index in [0.717, 1.165) is 38.4 Å². The van der Waals surface area contributed by atoms with Crippen LogP contribution in [0, 0.1) is 0 Å². The number of hydrogen-bond donors (Lipinski definition) is 0. The molecular formula is C19H30O3. The predicted molar refractivity (Wildman–Crippen MR) is 91.7 cm³/mol. The van der Waals surface area contributed by atoms with E-state index in [1.807, 2.05) is 6.08 Å². The number of carbonyl (C=O) groups excluding carboxylic acids is 2. The summed E-state index contributed by atoms with van der Waals surface area (Å²) in [7, 11) is 0. The summed E-state index contributed by atoms with van der Waals surface area (Å²) in [5.41, 5.74) is 3.94. The smallest absolute Gasteiger partial charge is 0.302 e. The van der Waals surface area contributed by atoms with E-state index in [2.05, 4.69) is 32.9 Å². The number of ether oxygens (including phenoxy) is 1. The summed E-state index contributed by atoms with van der Waals surface area (Å²) >= 11 is 0. The maximum Gasteiger partial charge on any atom is 0.302 e. The quantitative estimate of drug-likeness (QED) is 0.309. The van der Waals surface area contributed by atoms with Crippen molar-refractivity contribution in [1.29, 1.82) is 0 Å². The van der Waals surface area contributed by atoms with Crippen LogP contribution in [0.15, 0.2) is 34.9 Å². The van der Waals surface area contributed by atoms with Crippen LogP contribution in [-0.4, -0.2) is 18.9 Å². The van der Waals surface area contributed by atoms with E-state index in [-0.39, 0.29) is 5.97 Å². The van der Waals surface area contributed by atoms with Gasteiger partial charge in [0.25, 0.3) is 0 Å². The second kappa shape index (κ2) is 13.1. The van der Waals surface area contributed by atoms with E-state index in [1.54, 1.807) is 0 Å². The predicted octanol–water partition coefficient (Wildman–Crippen LogP) is 4.93. The Hall–Kier alpha value is -1.64. The van der Waals surface area contributed by atoms with Crippen molar-refractivity contribution in [3.8, 4) is 0 Å². The first-order valence-corrected chi connectivity index (χ1v) is 7.99. The van der Waals surface area contributed by atoms with Gasteiger partial charge in [-0.1, -0.05) is 28.9 Å². The molecule has 0 fully saturated rings. The molecular weight excluding hydrogens is 276 g/mol. The highest BCUT2D eigenvalue weighted by Crippen LogP contribution is 2.12. The standard InChI is InChI=1S/C19H30O3/c1-16(8-5-10-17(2)12-7-14-20)9-6-11-18(3)13-15-22-19(4)21/h9-10,13-14H,5-8,11-12,15H2,1-4H3. The summed E-state index contributed by atoms with van der Waals surface area (Å²) in [5.74, 6) is -0.240. The molecule has 0 aliphatic rings. The van der Waals surface area contributed by atoms with Gasteiger partial charge >= 0.3 is 5.97 Å². The van der Waals surface area contributed by atoms with Gasteiger partial charge in [0.2, 0.25) is 0 Å². The Labute approximate surface area is 135 Å². The van der Waals surface area contributed by atoms with Crippen molar-refractivity contribution in [3.63, 3.8) is 0 Å². The molecule has 0 aromatic rings. The zero-order chi connectivity index (χ0) is 16.8. The van der Waals surface area contributed by atoms with Gasteiger partial charge < -0.3 is 9.53 Å². The Morgan fingerprint density at radius 2 is 1.23 bits per heavy atom. The van der Waals surface area contributed by atoms with E-state index in [9.17, 15) is 9.59 Å². The molecule has 0 rings (SSSR count). The summed E-state index contributed by atoms with van der Waals surface area (Å²) in [6.45, 7) is 8.09. The van der Waals surface area contributed by atoms with Gasteiger partial charge in [0.05, 0.1) is 0 Å². The third-order valence-corrected chi connectivity index (χ3v) is 3.44. The Kier molecular flexibility index (Phi) is 12.1. The van der Waals surface area contributed by atoms with Crippen LogP contribution < -0.4 is 0 Å². The van der Waals surface area contributed by atoms with E-state index in [0.29, 0.717) is 13.0 Å². The molecule has 0 aromatic heterocycles. The molecule has 3 nitrogen and oxygen atoms in total. The number of carbonyl (C=O) groups is 2. The first kappa shape index (κ1) is 20.4. The van der Waals surface area contributed by atoms with Crippen LogP contribution in [0.4, 0.5) is 0 Å². The van der Waals surface area contributed by atoms with Crippen LogP contribution >= 0.6 is 0 Å². The van der Waals surface area contributed by atoms with E-state index >= 15 is 0 Å². The number of hydrogen-bond acceptors (Lipinski definition) is 3. The van der Waals surface area contributed by atoms with Crippen molar-refractivity contribution >= 4 is 12.3 Å². The van der Waals surface area contributed by atoms with Crippen molar-refractivity contribution in [2.75, 3.05) is 6.61 Å². The zero-order valence-corrected chi connectivity index (χ0v) is 14.5. The van der Waals surface area contributed by atoms with Gasteiger partial charge in [0.1, 0.15) is 12.9 Å². The van der Waals surface area contributed by atoms with E-state index in [4.69, 9.17) is 4.74 Å². The molecule has 0 saturated heterocycles. The van der Waals surface area contributed by atoms with Crippen LogP contribution in [0.2, 0.25) is 0 Å². The summed E-state index contributed by atoms with van der Waals surface area (Å²) in [5, 5.41) is 0. The minimum atomic E-state index is -0.240. The lowest BCUT2D eigenvalue weighted by atomic mass is 10.1. The third-order valence-electron chi connectivity index (χ3n) is 3.44. The summed E-state index contributed by atoms with van der Waals surface area (Å²) in [6.07, 6.45) is 13.0. The molecule has 0 heterocycles. The molecule has 0 bridgehead atoms. The van der Waals surface area contributed by atoms with Gasteiger partial charge in [-0.25, -0.2) is 0 Å². The van der Waals surface area contributed by atoms with Crippen LogP contribution in [0.1, 0.15) is 66.2 Å². The molecule has 0 saturated carbocycles. The lowest BCUT2D eigenvalue weighted by Crippen LogP contribution is -1.98. The zero-order valence-electron chi connectivity index (χ0n) is 14.5. The second-order valence-corrected chi connectivity index (χ2v) is 5.74. The van der Waals surface area contributed by atoms with Crippen molar-refractivity contribution in [1.82, 2.24) is 0 Å². The molecule has 0 radical (unpaired) electrons. The lowest BCUT2D eigenvalue weighted by molar-refractivity contribution is -0.139. The molecule has 0 N–H and O–H groups in total. The van der Waals surface area contributed by atoms with Crippen LogP contribution in [-0.2, 0) is 14.3 Å². The minimum Gasteiger partial charge on any atom is -0.462 e. The number of aldehydes is 1. The molecule has 0 amide bonds. The molecule has 0 aliphatic heterocycles. The maximum absolute atomic E-state index is 10.7. The van der Waals surface area contributed by atoms with Crippen LogP contribution in [0.3, 0.4) is 0 Å². The lowest BCUT2D eigenvalue weighted by Gasteiger charge is -2.02. The van der Waals surface area contributed by atoms with Crippen LogP contribution in [0.25, 0.3) is 0 Å². The van der Waals surface area contributed by atoms with Crippen LogP contribution in [0.5, 0.6) is 0 Å². The largest absolute Gasteiger partial charge is 0.462 e. The first-order valence-electron chi connectivity index (χ1n) is 7.99.